The van der Waals surface area contributed by atoms with Gasteiger partial charge in [0.05, 0.1) is 23.7 Å². The van der Waals surface area contributed by atoms with Crippen LogP contribution in [0.15, 0.2) is 53.7 Å². The van der Waals surface area contributed by atoms with Crippen LogP contribution in [0.25, 0.3) is 0 Å². The van der Waals surface area contributed by atoms with E-state index in [1.165, 1.54) is 29.9 Å². The van der Waals surface area contributed by atoms with E-state index in [0.29, 0.717) is 43.6 Å². The molecule has 2 amide bonds. The Balaban J connectivity index is 1.38. The third-order valence-electron chi connectivity index (χ3n) is 12.4. The van der Waals surface area contributed by atoms with Crippen molar-refractivity contribution >= 4 is 64.7 Å². The number of hydrogen-bond acceptors (Lipinski definition) is 11. The molecule has 6 rings (SSSR count). The number of hydrazine groups is 1. The highest BCUT2D eigenvalue weighted by molar-refractivity contribution is 8.20. The number of nitrogens with zero attached hydrogens (tertiary/aromatic N) is 4. The number of pyridine rings is 1. The zero-order chi connectivity index (χ0) is 41.9. The van der Waals surface area contributed by atoms with Crippen molar-refractivity contribution in [1.29, 1.82) is 0 Å². The lowest BCUT2D eigenvalue weighted by molar-refractivity contribution is -0.144. The summed E-state index contributed by atoms with van der Waals surface area (Å²) in [5, 5.41) is 26.7. The van der Waals surface area contributed by atoms with E-state index in [0.717, 1.165) is 79.8 Å². The summed E-state index contributed by atoms with van der Waals surface area (Å²) in [6, 6.07) is 9.41. The number of aromatic nitrogens is 1. The normalized spacial score (nSPS) is 24.7. The van der Waals surface area contributed by atoms with Gasteiger partial charge in [-0.15, -0.1) is 35.3 Å². The van der Waals surface area contributed by atoms with Gasteiger partial charge in [0, 0.05) is 35.5 Å². The fourth-order valence-electron chi connectivity index (χ4n) is 9.33. The molecule has 4 unspecified atom stereocenters. The smallest absolute Gasteiger partial charge is 0.331 e. The van der Waals surface area contributed by atoms with Crippen molar-refractivity contribution < 1.29 is 29.4 Å². The molecule has 59 heavy (non-hydrogen) atoms. The lowest BCUT2D eigenvalue weighted by Crippen LogP contribution is -2.64. The van der Waals surface area contributed by atoms with E-state index in [-0.39, 0.29) is 29.9 Å². The molecule has 2 saturated heterocycles. The van der Waals surface area contributed by atoms with Crippen LogP contribution in [0.2, 0.25) is 0 Å². The first-order valence-electron chi connectivity index (χ1n) is 21.7. The number of carbonyl (C=O) groups excluding carboxylic acids is 2. The molecule has 1 aliphatic carbocycles. The third kappa shape index (κ3) is 12.0. The number of carbonyl (C=O) groups is 4. The minimum absolute atomic E-state index is 0.0136. The van der Waals surface area contributed by atoms with Gasteiger partial charge in [0.15, 0.2) is 4.08 Å². The first kappa shape index (κ1) is 45.7. The largest absolute Gasteiger partial charge is 0.480 e. The molecule has 6 atom stereocenters. The number of amides is 2. The van der Waals surface area contributed by atoms with Crippen LogP contribution in [-0.4, -0.2) is 121 Å². The summed E-state index contributed by atoms with van der Waals surface area (Å²) < 4.78 is -1.23. The summed E-state index contributed by atoms with van der Waals surface area (Å²) in [5.74, 6) is -0.980. The van der Waals surface area contributed by atoms with Gasteiger partial charge in [-0.1, -0.05) is 82.7 Å². The first-order chi connectivity index (χ1) is 28.4. The molecule has 3 fully saturated rings. The van der Waals surface area contributed by atoms with E-state index in [9.17, 15) is 29.4 Å². The van der Waals surface area contributed by atoms with Crippen molar-refractivity contribution in [1.82, 2.24) is 25.6 Å². The van der Waals surface area contributed by atoms with E-state index < -0.39 is 40.1 Å². The maximum atomic E-state index is 14.8. The first-order valence-corrected chi connectivity index (χ1v) is 24.5. The van der Waals surface area contributed by atoms with Gasteiger partial charge < -0.3 is 25.3 Å². The molecule has 4 heterocycles. The van der Waals surface area contributed by atoms with Gasteiger partial charge in [-0.3, -0.25) is 14.6 Å². The Bertz CT molecular complexity index is 1720. The van der Waals surface area contributed by atoms with Crippen LogP contribution in [-0.2, 0) is 25.6 Å². The van der Waals surface area contributed by atoms with Crippen molar-refractivity contribution in [2.75, 3.05) is 43.1 Å². The van der Waals surface area contributed by atoms with Crippen molar-refractivity contribution in [3.63, 3.8) is 0 Å². The number of carboxylic acid groups (broad SMARTS) is 2. The van der Waals surface area contributed by atoms with Crippen molar-refractivity contribution in [3.05, 3.63) is 54.4 Å². The molecule has 4 aliphatic rings. The minimum atomic E-state index is -1.23. The fourth-order valence-corrected chi connectivity index (χ4v) is 14.0. The fraction of sp³-hybridized carbons (Fsp3) is 0.659. The molecule has 1 saturated carbocycles. The highest BCUT2D eigenvalue weighted by Crippen LogP contribution is 2.52. The van der Waals surface area contributed by atoms with Gasteiger partial charge >= 0.3 is 11.9 Å². The molecule has 4 N–H and O–H groups in total. The molecule has 3 aliphatic heterocycles. The van der Waals surface area contributed by atoms with Gasteiger partial charge in [0.25, 0.3) is 0 Å². The Labute approximate surface area is 363 Å². The summed E-state index contributed by atoms with van der Waals surface area (Å²) in [4.78, 5) is 64.2. The SMILES string of the molecule is CC(C)C[C@H](NC(=O)[C@H](Cc1ccccc1)N(CCCN1C(=O)CSc2ccncc21)NC(CC1CCCCC1)C1(C(=O)O)SCCC(C2CCCCN2C)S1)C(=O)O. The van der Waals surface area contributed by atoms with Crippen LogP contribution < -0.4 is 15.6 Å². The number of thioether (sulfide) groups is 3. The van der Waals surface area contributed by atoms with Gasteiger partial charge in [0.1, 0.15) is 12.1 Å². The molecule has 0 radical (unpaired) electrons. The standard InChI is InChI=1S/C44H64N6O6S3/c1-30(2)25-33(42(53)54)46-41(52)35(26-31-13-6-4-7-14-31)50(23-12-22-49-36-28-45-20-18-37(36)57-29-40(49)51)47-39(27-32-15-8-5-9-16-32)44(43(55)56)58-24-19-38(59-44)34-17-10-11-21-48(34)3/h4,6-7,13-14,18,20,28,30,32-35,38-39,47H,5,8-12,15-17,19,21-27,29H2,1-3H3,(H,46,52)(H,53,54)(H,55,56)/t33-,34?,35-,38?,39?,44?/m0/s1. The van der Waals surface area contributed by atoms with E-state index in [1.54, 1.807) is 29.1 Å². The van der Waals surface area contributed by atoms with Gasteiger partial charge in [-0.25, -0.2) is 20.0 Å². The molecular formula is C44H64N6O6S3. The maximum absolute atomic E-state index is 14.8. The molecule has 324 valence electrons. The number of anilines is 1. The average Bonchev–Trinajstić information content (AvgIpc) is 3.23. The monoisotopic (exact) mass is 868 g/mol. The molecule has 12 nitrogen and oxygen atoms in total. The predicted molar refractivity (Wildman–Crippen MR) is 239 cm³/mol. The Morgan fingerprint density at radius 3 is 2.49 bits per heavy atom. The van der Waals surface area contributed by atoms with Crippen molar-refractivity contribution in [2.45, 2.75) is 136 Å². The number of likely N-dealkylation sites (tertiary alicyclic amines) is 1. The second-order valence-electron chi connectivity index (χ2n) is 17.2. The van der Waals surface area contributed by atoms with Crippen molar-refractivity contribution in [2.24, 2.45) is 11.8 Å². The Hall–Kier alpha value is -2.82. The van der Waals surface area contributed by atoms with Crippen LogP contribution in [0.3, 0.4) is 0 Å². The molecule has 1 aromatic heterocycles. The van der Waals surface area contributed by atoms with Gasteiger partial charge in [-0.2, -0.15) is 0 Å². The molecule has 2 aromatic rings. The van der Waals surface area contributed by atoms with E-state index in [1.807, 2.05) is 55.3 Å². The number of rotatable bonds is 19. The van der Waals surface area contributed by atoms with Crippen LogP contribution in [0.5, 0.6) is 0 Å². The van der Waals surface area contributed by atoms with E-state index >= 15 is 0 Å². The maximum Gasteiger partial charge on any atom is 0.331 e. The third-order valence-corrected chi connectivity index (χ3v) is 17.1. The molecule has 15 heteroatoms. The van der Waals surface area contributed by atoms with E-state index in [2.05, 4.69) is 27.7 Å². The highest BCUT2D eigenvalue weighted by atomic mass is 32.2. The second kappa shape index (κ2) is 21.8. The number of benzene rings is 1. The summed E-state index contributed by atoms with van der Waals surface area (Å²) in [7, 11) is 2.17. The van der Waals surface area contributed by atoms with Gasteiger partial charge in [-0.05, 0) is 87.8 Å². The topological polar surface area (TPSA) is 155 Å². The molecule has 1 aromatic carbocycles. The van der Waals surface area contributed by atoms with Crippen LogP contribution >= 0.6 is 35.3 Å². The Kier molecular flexibility index (Phi) is 16.9. The highest BCUT2D eigenvalue weighted by Gasteiger charge is 2.54. The Morgan fingerprint density at radius 1 is 1.02 bits per heavy atom. The lowest BCUT2D eigenvalue weighted by atomic mass is 9.84. The van der Waals surface area contributed by atoms with Gasteiger partial charge in [0.2, 0.25) is 11.8 Å². The minimum Gasteiger partial charge on any atom is -0.480 e. The number of piperidine rings is 1. The number of hydrogen-bond donors (Lipinski definition) is 4. The summed E-state index contributed by atoms with van der Waals surface area (Å²) in [6.07, 6.45) is 14.8. The zero-order valence-corrected chi connectivity index (χ0v) is 37.4. The van der Waals surface area contributed by atoms with Crippen LogP contribution in [0.1, 0.15) is 96.5 Å². The van der Waals surface area contributed by atoms with Crippen molar-refractivity contribution in [3.8, 4) is 0 Å². The van der Waals surface area contributed by atoms with Crippen LogP contribution in [0, 0.1) is 11.8 Å². The summed E-state index contributed by atoms with van der Waals surface area (Å²) in [6.45, 7) is 5.56. The lowest BCUT2D eigenvalue weighted by Gasteiger charge is -2.49. The predicted octanol–water partition coefficient (Wildman–Crippen LogP) is 6.79. The number of carboxylic acids is 2. The second-order valence-corrected chi connectivity index (χ2v) is 21.3. The average molecular weight is 869 g/mol. The molecular weight excluding hydrogens is 805 g/mol. The summed E-state index contributed by atoms with van der Waals surface area (Å²) >= 11 is 4.64. The van der Waals surface area contributed by atoms with Crippen LogP contribution in [0.4, 0.5) is 5.69 Å². The Morgan fingerprint density at radius 2 is 1.78 bits per heavy atom. The molecule has 0 bridgehead atoms. The number of fused-ring (bicyclic) bond motifs is 1. The zero-order valence-electron chi connectivity index (χ0n) is 34.9. The molecule has 0 spiro atoms. The quantitative estimate of drug-likeness (QED) is 0.110. The summed E-state index contributed by atoms with van der Waals surface area (Å²) in [5.41, 5.74) is 5.47. The van der Waals surface area contributed by atoms with E-state index in [4.69, 9.17) is 0 Å². The number of aliphatic carboxylic acids is 2. The number of nitrogens with one attached hydrogen (secondary N) is 2.